The normalized spacial score (nSPS) is 21.0. The van der Waals surface area contributed by atoms with Crippen molar-refractivity contribution >= 4 is 21.6 Å². The van der Waals surface area contributed by atoms with E-state index in [4.69, 9.17) is 4.74 Å². The highest BCUT2D eigenvalue weighted by Crippen LogP contribution is 2.31. The van der Waals surface area contributed by atoms with Gasteiger partial charge in [0.25, 0.3) is 0 Å². The van der Waals surface area contributed by atoms with Crippen LogP contribution in [-0.4, -0.2) is 32.8 Å². The molecular weight excluding hydrogens is 316 g/mol. The number of halogens is 1. The van der Waals surface area contributed by atoms with Gasteiger partial charge < -0.3 is 15.0 Å². The van der Waals surface area contributed by atoms with E-state index in [1.165, 1.54) is 28.6 Å². The third kappa shape index (κ3) is 3.74. The van der Waals surface area contributed by atoms with Gasteiger partial charge >= 0.3 is 0 Å². The van der Waals surface area contributed by atoms with Crippen molar-refractivity contribution in [2.45, 2.75) is 38.8 Å². The summed E-state index contributed by atoms with van der Waals surface area (Å²) in [5, 5.41) is 3.28. The molecule has 2 unspecified atom stereocenters. The number of nitrogens with zero attached hydrogens (tertiary/aromatic N) is 1. The molecule has 0 aliphatic carbocycles. The predicted octanol–water partition coefficient (Wildman–Crippen LogP) is 3.73. The van der Waals surface area contributed by atoms with Crippen molar-refractivity contribution in [3.8, 4) is 0 Å². The lowest BCUT2D eigenvalue weighted by Crippen LogP contribution is -2.39. The number of hydrogen-bond donors (Lipinski definition) is 1. The van der Waals surface area contributed by atoms with Gasteiger partial charge in [0.15, 0.2) is 0 Å². The summed E-state index contributed by atoms with van der Waals surface area (Å²) in [5.41, 5.74) is 2.59. The van der Waals surface area contributed by atoms with Crippen LogP contribution >= 0.6 is 15.9 Å². The van der Waals surface area contributed by atoms with Crippen LogP contribution in [0.4, 0.5) is 5.69 Å². The maximum absolute atomic E-state index is 5.79. The van der Waals surface area contributed by atoms with Crippen molar-refractivity contribution in [2.24, 2.45) is 0 Å². The largest absolute Gasteiger partial charge is 0.377 e. The van der Waals surface area contributed by atoms with Crippen molar-refractivity contribution < 1.29 is 4.74 Å². The fourth-order valence-electron chi connectivity index (χ4n) is 2.74. The van der Waals surface area contributed by atoms with Crippen LogP contribution in [0.3, 0.4) is 0 Å². The summed E-state index contributed by atoms with van der Waals surface area (Å²) >= 11 is 3.73. The number of hydrogen-bond acceptors (Lipinski definition) is 3. The Kier molecular flexibility index (Phi) is 5.87. The molecule has 0 bridgehead atoms. The molecule has 3 nitrogen and oxygen atoms in total. The minimum Gasteiger partial charge on any atom is -0.377 e. The van der Waals surface area contributed by atoms with Crippen LogP contribution in [0.25, 0.3) is 0 Å². The van der Waals surface area contributed by atoms with E-state index in [-0.39, 0.29) is 0 Å². The van der Waals surface area contributed by atoms with Crippen LogP contribution in [-0.2, 0) is 4.74 Å². The molecule has 112 valence electrons. The highest BCUT2D eigenvalue weighted by atomic mass is 79.9. The molecule has 0 radical (unpaired) electrons. The lowest BCUT2D eigenvalue weighted by Gasteiger charge is -2.35. The summed E-state index contributed by atoms with van der Waals surface area (Å²) in [5.74, 6) is 0. The first-order chi connectivity index (χ1) is 9.65. The van der Waals surface area contributed by atoms with E-state index in [1.54, 1.807) is 0 Å². The van der Waals surface area contributed by atoms with Gasteiger partial charge in [-0.15, -0.1) is 0 Å². The second kappa shape index (κ2) is 7.43. The smallest absolute Gasteiger partial charge is 0.0750 e. The first-order valence-corrected chi connectivity index (χ1v) is 8.28. The third-order valence-electron chi connectivity index (χ3n) is 4.03. The number of nitrogens with one attached hydrogen (secondary N) is 1. The van der Waals surface area contributed by atoms with E-state index in [0.29, 0.717) is 12.1 Å². The van der Waals surface area contributed by atoms with Crippen LogP contribution in [0.1, 0.15) is 38.3 Å². The van der Waals surface area contributed by atoms with Gasteiger partial charge in [0.2, 0.25) is 0 Å². The van der Waals surface area contributed by atoms with Crippen LogP contribution < -0.4 is 10.2 Å². The number of anilines is 1. The Morgan fingerprint density at radius 1 is 1.50 bits per heavy atom. The molecule has 1 aromatic carbocycles. The van der Waals surface area contributed by atoms with Gasteiger partial charge in [-0.3, -0.25) is 0 Å². The number of rotatable bonds is 5. The maximum atomic E-state index is 5.79. The van der Waals surface area contributed by atoms with Gasteiger partial charge in [-0.05, 0) is 67.4 Å². The Bertz CT molecular complexity index is 436. The maximum Gasteiger partial charge on any atom is 0.0750 e. The summed E-state index contributed by atoms with van der Waals surface area (Å²) < 4.78 is 6.96. The molecular formula is C16H25BrN2O. The molecule has 0 spiro atoms. The summed E-state index contributed by atoms with van der Waals surface area (Å²) in [6.07, 6.45) is 2.75. The summed E-state index contributed by atoms with van der Waals surface area (Å²) in [6, 6.07) is 7.03. The monoisotopic (exact) mass is 340 g/mol. The van der Waals surface area contributed by atoms with Crippen molar-refractivity contribution in [1.29, 1.82) is 0 Å². The molecule has 1 fully saturated rings. The summed E-state index contributed by atoms with van der Waals surface area (Å²) in [6.45, 7) is 7.16. The number of piperidine rings is 1. The average Bonchev–Trinajstić information content (AvgIpc) is 2.47. The lowest BCUT2D eigenvalue weighted by atomic mass is 10.0. The molecule has 1 N–H and O–H groups in total. The van der Waals surface area contributed by atoms with E-state index in [9.17, 15) is 0 Å². The molecule has 1 aliphatic rings. The van der Waals surface area contributed by atoms with Crippen LogP contribution in [0.2, 0.25) is 0 Å². The van der Waals surface area contributed by atoms with E-state index in [1.807, 2.05) is 7.05 Å². The zero-order valence-electron chi connectivity index (χ0n) is 12.7. The quantitative estimate of drug-likeness (QED) is 0.883. The van der Waals surface area contributed by atoms with Crippen molar-refractivity contribution in [3.05, 3.63) is 28.2 Å². The standard InChI is InChI=1S/C16H25BrN2O/c1-4-20-14-6-5-9-19(11-14)16-8-7-13(10-15(16)17)12(2)18-3/h7-8,10,12,14,18H,4-6,9,11H2,1-3H3. The zero-order valence-corrected chi connectivity index (χ0v) is 14.2. The van der Waals surface area contributed by atoms with E-state index < -0.39 is 0 Å². The van der Waals surface area contributed by atoms with Gasteiger partial charge in [0.1, 0.15) is 0 Å². The van der Waals surface area contributed by atoms with Gasteiger partial charge in [0, 0.05) is 30.2 Å². The number of benzene rings is 1. The molecule has 0 amide bonds. The van der Waals surface area contributed by atoms with E-state index in [2.05, 4.69) is 58.2 Å². The predicted molar refractivity (Wildman–Crippen MR) is 88.5 cm³/mol. The lowest BCUT2D eigenvalue weighted by molar-refractivity contribution is 0.0526. The molecule has 2 atom stereocenters. The molecule has 0 saturated carbocycles. The topological polar surface area (TPSA) is 24.5 Å². The minimum absolute atomic E-state index is 0.372. The molecule has 1 aliphatic heterocycles. The first kappa shape index (κ1) is 15.8. The Balaban J connectivity index is 2.12. The van der Waals surface area contributed by atoms with Crippen LogP contribution in [0.5, 0.6) is 0 Å². The molecule has 1 aromatic rings. The van der Waals surface area contributed by atoms with Gasteiger partial charge in [-0.2, -0.15) is 0 Å². The average molecular weight is 341 g/mol. The molecule has 1 saturated heterocycles. The van der Waals surface area contributed by atoms with Gasteiger partial charge in [0.05, 0.1) is 11.8 Å². The molecule has 20 heavy (non-hydrogen) atoms. The SMILES string of the molecule is CCOC1CCCN(c2ccc(C(C)NC)cc2Br)C1. The highest BCUT2D eigenvalue weighted by molar-refractivity contribution is 9.10. The molecule has 0 aromatic heterocycles. The highest BCUT2D eigenvalue weighted by Gasteiger charge is 2.21. The second-order valence-electron chi connectivity index (χ2n) is 5.39. The van der Waals surface area contributed by atoms with Gasteiger partial charge in [-0.1, -0.05) is 6.07 Å². The molecule has 1 heterocycles. The molecule has 2 rings (SSSR count). The fraction of sp³-hybridized carbons (Fsp3) is 0.625. The van der Waals surface area contributed by atoms with Crippen LogP contribution in [0.15, 0.2) is 22.7 Å². The van der Waals surface area contributed by atoms with Crippen molar-refractivity contribution in [3.63, 3.8) is 0 Å². The minimum atomic E-state index is 0.372. The second-order valence-corrected chi connectivity index (χ2v) is 6.24. The Hall–Kier alpha value is -0.580. The molecule has 4 heteroatoms. The number of ether oxygens (including phenoxy) is 1. The summed E-state index contributed by atoms with van der Waals surface area (Å²) in [4.78, 5) is 2.43. The van der Waals surface area contributed by atoms with E-state index in [0.717, 1.165) is 19.7 Å². The Morgan fingerprint density at radius 2 is 2.30 bits per heavy atom. The van der Waals surface area contributed by atoms with E-state index >= 15 is 0 Å². The fourth-order valence-corrected chi connectivity index (χ4v) is 3.39. The Morgan fingerprint density at radius 3 is 2.95 bits per heavy atom. The Labute approximate surface area is 130 Å². The first-order valence-electron chi connectivity index (χ1n) is 7.49. The third-order valence-corrected chi connectivity index (χ3v) is 4.66. The van der Waals surface area contributed by atoms with Gasteiger partial charge in [-0.25, -0.2) is 0 Å². The summed E-state index contributed by atoms with van der Waals surface area (Å²) in [7, 11) is 1.99. The zero-order chi connectivity index (χ0) is 14.5. The van der Waals surface area contributed by atoms with Crippen molar-refractivity contribution in [1.82, 2.24) is 5.32 Å². The van der Waals surface area contributed by atoms with Crippen molar-refractivity contribution in [2.75, 3.05) is 31.6 Å². The van der Waals surface area contributed by atoms with Crippen LogP contribution in [0, 0.1) is 0 Å².